The number of hydrogen-bond donors (Lipinski definition) is 0. The smallest absolute Gasteiger partial charge is 0.466 e. The van der Waals surface area contributed by atoms with E-state index in [1.165, 1.54) is 12.1 Å². The first-order valence-corrected chi connectivity index (χ1v) is 5.88. The molecular weight excluding hydrogens is 244 g/mol. The number of halogens is 3. The molecule has 0 fully saturated rings. The lowest BCUT2D eigenvalue weighted by Gasteiger charge is -2.14. The number of hydrogen-bond acceptors (Lipinski definition) is 2. The van der Waals surface area contributed by atoms with E-state index < -0.39 is 12.4 Å². The van der Waals surface area contributed by atoms with E-state index in [0.717, 1.165) is 17.7 Å². The predicted octanol–water partition coefficient (Wildman–Crippen LogP) is 2.63. The summed E-state index contributed by atoms with van der Waals surface area (Å²) in [6.45, 7) is -2.85. The number of carbonyl (C=O) groups excluding carboxylic acids is 1. The molecule has 0 amide bonds. The SMILES string of the molecule is CCOC(=O)CCCc1ccc([B-](F)(F)F)cc1. The fourth-order valence-corrected chi connectivity index (χ4v) is 1.57. The largest absolute Gasteiger partial charge is 0.509 e. The van der Waals surface area contributed by atoms with Crippen molar-refractivity contribution in [1.29, 1.82) is 0 Å². The van der Waals surface area contributed by atoms with Crippen molar-refractivity contribution >= 4 is 18.4 Å². The van der Waals surface area contributed by atoms with Gasteiger partial charge >= 0.3 is 12.9 Å². The zero-order valence-electron chi connectivity index (χ0n) is 10.2. The molecule has 0 saturated carbocycles. The first-order chi connectivity index (χ1) is 8.43. The Balaban J connectivity index is 2.42. The Morgan fingerprint density at radius 2 is 1.83 bits per heavy atom. The summed E-state index contributed by atoms with van der Waals surface area (Å²) in [4.78, 5) is 11.1. The third-order valence-electron chi connectivity index (χ3n) is 2.51. The third kappa shape index (κ3) is 4.81. The van der Waals surface area contributed by atoms with Crippen LogP contribution in [0.4, 0.5) is 12.9 Å². The predicted molar refractivity (Wildman–Crippen MR) is 64.7 cm³/mol. The average molecular weight is 259 g/mol. The van der Waals surface area contributed by atoms with E-state index in [-0.39, 0.29) is 5.97 Å². The highest BCUT2D eigenvalue weighted by molar-refractivity contribution is 6.73. The van der Waals surface area contributed by atoms with Gasteiger partial charge in [0.1, 0.15) is 0 Å². The van der Waals surface area contributed by atoms with Gasteiger partial charge in [0, 0.05) is 6.42 Å². The van der Waals surface area contributed by atoms with Crippen molar-refractivity contribution in [3.63, 3.8) is 0 Å². The Kier molecular flexibility index (Phi) is 5.25. The topological polar surface area (TPSA) is 26.3 Å². The summed E-state index contributed by atoms with van der Waals surface area (Å²) >= 11 is 0. The molecule has 18 heavy (non-hydrogen) atoms. The third-order valence-corrected chi connectivity index (χ3v) is 2.51. The first kappa shape index (κ1) is 14.6. The molecule has 0 N–H and O–H groups in total. The van der Waals surface area contributed by atoms with Crippen LogP contribution in [0.25, 0.3) is 0 Å². The van der Waals surface area contributed by atoms with Gasteiger partial charge < -0.3 is 17.7 Å². The Hall–Kier alpha value is -1.46. The van der Waals surface area contributed by atoms with Crippen LogP contribution in [-0.4, -0.2) is 19.6 Å². The van der Waals surface area contributed by atoms with E-state index in [0.29, 0.717) is 25.9 Å². The molecule has 0 aromatic heterocycles. The van der Waals surface area contributed by atoms with Crippen LogP contribution >= 0.6 is 0 Å². The minimum absolute atomic E-state index is 0.271. The van der Waals surface area contributed by atoms with E-state index in [1.807, 2.05) is 0 Å². The maximum atomic E-state index is 12.4. The van der Waals surface area contributed by atoms with Crippen LogP contribution < -0.4 is 5.46 Å². The van der Waals surface area contributed by atoms with Crippen LogP contribution in [0.5, 0.6) is 0 Å². The van der Waals surface area contributed by atoms with Crippen LogP contribution in [-0.2, 0) is 16.0 Å². The van der Waals surface area contributed by atoms with Crippen LogP contribution in [0.1, 0.15) is 25.3 Å². The molecule has 100 valence electrons. The fraction of sp³-hybridized carbons (Fsp3) is 0.417. The maximum absolute atomic E-state index is 12.4. The van der Waals surface area contributed by atoms with Crippen LogP contribution in [0.3, 0.4) is 0 Å². The second-order valence-corrected chi connectivity index (χ2v) is 3.97. The highest BCUT2D eigenvalue weighted by atomic mass is 19.4. The van der Waals surface area contributed by atoms with Crippen molar-refractivity contribution in [3.05, 3.63) is 29.8 Å². The molecule has 0 atom stereocenters. The molecule has 0 radical (unpaired) electrons. The molecule has 6 heteroatoms. The van der Waals surface area contributed by atoms with E-state index in [1.54, 1.807) is 6.92 Å². The van der Waals surface area contributed by atoms with Gasteiger partial charge in [-0.2, -0.15) is 0 Å². The van der Waals surface area contributed by atoms with Crippen LogP contribution in [0, 0.1) is 0 Å². The van der Waals surface area contributed by atoms with E-state index in [2.05, 4.69) is 0 Å². The lowest BCUT2D eigenvalue weighted by Crippen LogP contribution is -2.33. The monoisotopic (exact) mass is 259 g/mol. The summed E-state index contributed by atoms with van der Waals surface area (Å²) in [6.07, 6.45) is 1.44. The zero-order chi connectivity index (χ0) is 13.6. The summed E-state index contributed by atoms with van der Waals surface area (Å²) in [6, 6.07) is 5.07. The number of carbonyl (C=O) groups is 1. The van der Waals surface area contributed by atoms with Gasteiger partial charge in [-0.05, 0) is 25.3 Å². The Morgan fingerprint density at radius 3 is 2.33 bits per heavy atom. The normalized spacial score (nSPS) is 11.3. The molecule has 1 rings (SSSR count). The molecule has 2 nitrogen and oxygen atoms in total. The zero-order valence-corrected chi connectivity index (χ0v) is 10.2. The summed E-state index contributed by atoms with van der Waals surface area (Å²) in [5.74, 6) is -0.271. The van der Waals surface area contributed by atoms with Gasteiger partial charge in [0.05, 0.1) is 6.61 Å². The lowest BCUT2D eigenvalue weighted by atomic mass is 9.80. The standard InChI is InChI=1S/C12H15BF3O2/c1-2-18-12(17)5-3-4-10-6-8-11(9-7-10)13(14,15)16/h6-9H,2-5H2,1H3/q-1. The molecule has 0 aliphatic rings. The molecule has 0 heterocycles. The van der Waals surface area contributed by atoms with Gasteiger partial charge in [-0.15, -0.1) is 5.46 Å². The highest BCUT2D eigenvalue weighted by Gasteiger charge is 2.24. The van der Waals surface area contributed by atoms with Gasteiger partial charge in [0.25, 0.3) is 0 Å². The molecular formula is C12H15BF3O2-. The first-order valence-electron chi connectivity index (χ1n) is 5.88. The molecule has 0 aliphatic carbocycles. The van der Waals surface area contributed by atoms with Gasteiger partial charge in [0.2, 0.25) is 0 Å². The van der Waals surface area contributed by atoms with Gasteiger partial charge in [0.15, 0.2) is 0 Å². The maximum Gasteiger partial charge on any atom is 0.509 e. The molecule has 0 bridgehead atoms. The van der Waals surface area contributed by atoms with Crippen molar-refractivity contribution < 1.29 is 22.5 Å². The summed E-state index contributed by atoms with van der Waals surface area (Å²) < 4.78 is 41.8. The Bertz CT molecular complexity index is 387. The molecule has 0 saturated heterocycles. The van der Waals surface area contributed by atoms with Crippen molar-refractivity contribution in [1.82, 2.24) is 0 Å². The van der Waals surface area contributed by atoms with Gasteiger partial charge in [-0.1, -0.05) is 24.3 Å². The summed E-state index contributed by atoms with van der Waals surface area (Å²) in [5, 5.41) is 0. The highest BCUT2D eigenvalue weighted by Crippen LogP contribution is 2.11. The van der Waals surface area contributed by atoms with Crippen molar-refractivity contribution in [2.45, 2.75) is 26.2 Å². The van der Waals surface area contributed by atoms with E-state index >= 15 is 0 Å². The molecule has 0 aliphatic heterocycles. The van der Waals surface area contributed by atoms with Gasteiger partial charge in [-0.3, -0.25) is 4.79 Å². The van der Waals surface area contributed by atoms with Crippen molar-refractivity contribution in [2.24, 2.45) is 0 Å². The van der Waals surface area contributed by atoms with Crippen molar-refractivity contribution in [2.75, 3.05) is 6.61 Å². The summed E-state index contributed by atoms with van der Waals surface area (Å²) in [5.41, 5.74) is 0.201. The molecule has 1 aromatic rings. The van der Waals surface area contributed by atoms with E-state index in [4.69, 9.17) is 4.74 Å². The van der Waals surface area contributed by atoms with Crippen LogP contribution in [0.15, 0.2) is 24.3 Å². The molecule has 0 unspecified atom stereocenters. The van der Waals surface area contributed by atoms with Crippen LogP contribution in [0.2, 0.25) is 0 Å². The second kappa shape index (κ2) is 6.47. The second-order valence-electron chi connectivity index (χ2n) is 3.97. The minimum atomic E-state index is -4.93. The quantitative estimate of drug-likeness (QED) is 0.579. The lowest BCUT2D eigenvalue weighted by molar-refractivity contribution is -0.143. The number of ether oxygens (including phenoxy) is 1. The fourth-order valence-electron chi connectivity index (χ4n) is 1.57. The number of esters is 1. The Labute approximate surface area is 104 Å². The number of aryl methyl sites for hydroxylation is 1. The number of rotatable bonds is 6. The minimum Gasteiger partial charge on any atom is -0.466 e. The Morgan fingerprint density at radius 1 is 1.22 bits per heavy atom. The van der Waals surface area contributed by atoms with Crippen molar-refractivity contribution in [3.8, 4) is 0 Å². The summed E-state index contributed by atoms with van der Waals surface area (Å²) in [7, 11) is 0. The molecule has 0 spiro atoms. The average Bonchev–Trinajstić information content (AvgIpc) is 2.29. The van der Waals surface area contributed by atoms with E-state index in [9.17, 15) is 17.7 Å². The molecule has 1 aromatic carbocycles. The number of benzene rings is 1. The van der Waals surface area contributed by atoms with Gasteiger partial charge in [-0.25, -0.2) is 0 Å².